The summed E-state index contributed by atoms with van der Waals surface area (Å²) in [5.74, 6) is 0.414. The van der Waals surface area contributed by atoms with E-state index in [9.17, 15) is 9.59 Å². The monoisotopic (exact) mass is 296 g/mol. The van der Waals surface area contributed by atoms with Gasteiger partial charge in [-0.1, -0.05) is 23.7 Å². The number of ether oxygens (including phenoxy) is 1. The molecule has 5 nitrogen and oxygen atoms in total. The van der Waals surface area contributed by atoms with Gasteiger partial charge in [0.05, 0.1) is 5.02 Å². The van der Waals surface area contributed by atoms with E-state index in [1.54, 1.807) is 41.0 Å². The highest BCUT2D eigenvalue weighted by Gasteiger charge is 2.25. The summed E-state index contributed by atoms with van der Waals surface area (Å²) >= 11 is 6.00. The van der Waals surface area contributed by atoms with E-state index in [2.05, 4.69) is 0 Å². The van der Waals surface area contributed by atoms with Gasteiger partial charge in [0.15, 0.2) is 6.10 Å². The number of para-hydroxylation sites is 1. The van der Waals surface area contributed by atoms with Crippen LogP contribution in [0.4, 0.5) is 0 Å². The Morgan fingerprint density at radius 3 is 2.55 bits per heavy atom. The zero-order valence-corrected chi connectivity index (χ0v) is 12.0. The van der Waals surface area contributed by atoms with Gasteiger partial charge in [0.1, 0.15) is 5.75 Å². The van der Waals surface area contributed by atoms with Gasteiger partial charge < -0.3 is 14.5 Å². The molecule has 1 atom stereocenters. The molecule has 2 amide bonds. The van der Waals surface area contributed by atoms with Gasteiger partial charge >= 0.3 is 0 Å². The van der Waals surface area contributed by atoms with Crippen LogP contribution in [0.25, 0.3) is 0 Å². The molecule has 108 valence electrons. The van der Waals surface area contributed by atoms with Crippen molar-refractivity contribution in [2.75, 3.05) is 26.2 Å². The Morgan fingerprint density at radius 2 is 1.95 bits per heavy atom. The number of carbonyl (C=O) groups is 2. The number of hydrogen-bond acceptors (Lipinski definition) is 3. The van der Waals surface area contributed by atoms with Crippen LogP contribution in [0, 0.1) is 0 Å². The summed E-state index contributed by atoms with van der Waals surface area (Å²) in [5.41, 5.74) is 0. The number of piperazine rings is 1. The molecule has 1 aliphatic rings. The van der Waals surface area contributed by atoms with E-state index < -0.39 is 6.10 Å². The lowest BCUT2D eigenvalue weighted by atomic mass is 10.2. The van der Waals surface area contributed by atoms with Crippen molar-refractivity contribution in [3.8, 4) is 5.75 Å². The molecule has 0 bridgehead atoms. The Bertz CT molecular complexity index is 487. The van der Waals surface area contributed by atoms with Crippen LogP contribution in [0.2, 0.25) is 5.02 Å². The van der Waals surface area contributed by atoms with Crippen molar-refractivity contribution >= 4 is 23.9 Å². The van der Waals surface area contributed by atoms with E-state index in [1.807, 2.05) is 0 Å². The summed E-state index contributed by atoms with van der Waals surface area (Å²) in [6.07, 6.45) is 0.212. The van der Waals surface area contributed by atoms with Crippen molar-refractivity contribution in [2.45, 2.75) is 13.0 Å². The molecular weight excluding hydrogens is 280 g/mol. The molecule has 0 radical (unpaired) electrons. The van der Waals surface area contributed by atoms with Gasteiger partial charge in [-0.3, -0.25) is 9.59 Å². The van der Waals surface area contributed by atoms with Crippen molar-refractivity contribution in [1.82, 2.24) is 9.80 Å². The fourth-order valence-electron chi connectivity index (χ4n) is 2.09. The van der Waals surface area contributed by atoms with Crippen LogP contribution < -0.4 is 4.74 Å². The smallest absolute Gasteiger partial charge is 0.263 e. The topological polar surface area (TPSA) is 49.9 Å². The van der Waals surface area contributed by atoms with E-state index in [0.717, 1.165) is 6.41 Å². The average Bonchev–Trinajstić information content (AvgIpc) is 2.49. The third kappa shape index (κ3) is 3.42. The summed E-state index contributed by atoms with van der Waals surface area (Å²) in [7, 11) is 0. The molecule has 1 fully saturated rings. The molecule has 0 saturated carbocycles. The Hall–Kier alpha value is -1.75. The lowest BCUT2D eigenvalue weighted by molar-refractivity contribution is -0.141. The summed E-state index contributed by atoms with van der Waals surface area (Å²) in [6.45, 7) is 3.90. The van der Waals surface area contributed by atoms with Crippen molar-refractivity contribution in [3.05, 3.63) is 29.3 Å². The fraction of sp³-hybridized carbons (Fsp3) is 0.429. The van der Waals surface area contributed by atoms with Gasteiger partial charge in [-0.15, -0.1) is 0 Å². The molecular formula is C14H17ClN2O3. The largest absolute Gasteiger partial charge is 0.479 e. The Kier molecular flexibility index (Phi) is 4.84. The molecule has 1 saturated heterocycles. The molecule has 20 heavy (non-hydrogen) atoms. The zero-order chi connectivity index (χ0) is 14.5. The molecule has 0 spiro atoms. The number of rotatable bonds is 4. The first-order valence-corrected chi connectivity index (χ1v) is 6.89. The predicted molar refractivity (Wildman–Crippen MR) is 75.8 cm³/mol. The van der Waals surface area contributed by atoms with E-state index in [1.165, 1.54) is 0 Å². The number of halogens is 1. The number of amides is 2. The summed E-state index contributed by atoms with van der Waals surface area (Å²) in [5, 5.41) is 0.484. The second kappa shape index (κ2) is 6.61. The molecule has 0 aliphatic carbocycles. The first-order chi connectivity index (χ1) is 9.61. The van der Waals surface area contributed by atoms with Crippen LogP contribution in [0.3, 0.4) is 0 Å². The van der Waals surface area contributed by atoms with Crippen LogP contribution >= 0.6 is 11.6 Å². The second-order valence-electron chi connectivity index (χ2n) is 4.66. The fourth-order valence-corrected chi connectivity index (χ4v) is 2.27. The SMILES string of the molecule is C[C@H](Oc1ccccc1Cl)C(=O)N1CCN(C=O)CC1. The highest BCUT2D eigenvalue weighted by molar-refractivity contribution is 6.32. The van der Waals surface area contributed by atoms with E-state index in [0.29, 0.717) is 37.0 Å². The number of nitrogens with zero attached hydrogens (tertiary/aromatic N) is 2. The summed E-state index contributed by atoms with van der Waals surface area (Å²) in [4.78, 5) is 26.3. The third-order valence-corrected chi connectivity index (χ3v) is 3.58. The van der Waals surface area contributed by atoms with Crippen molar-refractivity contribution in [2.24, 2.45) is 0 Å². The van der Waals surface area contributed by atoms with Crippen LogP contribution in [-0.2, 0) is 9.59 Å². The maximum Gasteiger partial charge on any atom is 0.263 e. The summed E-state index contributed by atoms with van der Waals surface area (Å²) in [6, 6.07) is 7.06. The molecule has 1 aromatic carbocycles. The highest BCUT2D eigenvalue weighted by Crippen LogP contribution is 2.24. The molecule has 1 aromatic rings. The lowest BCUT2D eigenvalue weighted by Crippen LogP contribution is -2.51. The van der Waals surface area contributed by atoms with Gasteiger partial charge in [0, 0.05) is 26.2 Å². The van der Waals surface area contributed by atoms with Crippen molar-refractivity contribution < 1.29 is 14.3 Å². The van der Waals surface area contributed by atoms with Crippen LogP contribution in [-0.4, -0.2) is 54.4 Å². The van der Waals surface area contributed by atoms with Crippen molar-refractivity contribution in [3.63, 3.8) is 0 Å². The van der Waals surface area contributed by atoms with Crippen molar-refractivity contribution in [1.29, 1.82) is 0 Å². The maximum absolute atomic E-state index is 12.3. The Balaban J connectivity index is 1.93. The summed E-state index contributed by atoms with van der Waals surface area (Å²) < 4.78 is 5.61. The van der Waals surface area contributed by atoms with Gasteiger partial charge in [-0.25, -0.2) is 0 Å². The second-order valence-corrected chi connectivity index (χ2v) is 5.06. The molecule has 1 aliphatic heterocycles. The number of carbonyl (C=O) groups excluding carboxylic acids is 2. The average molecular weight is 297 g/mol. The normalized spacial score (nSPS) is 16.7. The lowest BCUT2D eigenvalue weighted by Gasteiger charge is -2.34. The molecule has 0 unspecified atom stereocenters. The Labute approximate surface area is 123 Å². The predicted octanol–water partition coefficient (Wildman–Crippen LogP) is 1.41. The van der Waals surface area contributed by atoms with Crippen LogP contribution in [0.15, 0.2) is 24.3 Å². The molecule has 0 aromatic heterocycles. The first kappa shape index (κ1) is 14.7. The van der Waals surface area contributed by atoms with Crippen LogP contribution in [0.1, 0.15) is 6.92 Å². The minimum atomic E-state index is -0.599. The van der Waals surface area contributed by atoms with Gasteiger partial charge in [0.2, 0.25) is 6.41 Å². The molecule has 1 heterocycles. The first-order valence-electron chi connectivity index (χ1n) is 6.51. The number of benzene rings is 1. The number of hydrogen-bond donors (Lipinski definition) is 0. The molecule has 2 rings (SSSR count). The highest BCUT2D eigenvalue weighted by atomic mass is 35.5. The third-order valence-electron chi connectivity index (χ3n) is 3.26. The maximum atomic E-state index is 12.3. The standard InChI is InChI=1S/C14H17ClN2O3/c1-11(20-13-5-3-2-4-12(13)15)14(19)17-8-6-16(10-18)7-9-17/h2-5,10-11H,6-9H2,1H3/t11-/m0/s1. The Morgan fingerprint density at radius 1 is 1.30 bits per heavy atom. The molecule has 6 heteroatoms. The quantitative estimate of drug-likeness (QED) is 0.789. The minimum absolute atomic E-state index is 0.0875. The van der Waals surface area contributed by atoms with E-state index in [4.69, 9.17) is 16.3 Å². The van der Waals surface area contributed by atoms with Crippen LogP contribution in [0.5, 0.6) is 5.75 Å². The van der Waals surface area contributed by atoms with Gasteiger partial charge in [-0.05, 0) is 19.1 Å². The minimum Gasteiger partial charge on any atom is -0.479 e. The van der Waals surface area contributed by atoms with Gasteiger partial charge in [0.25, 0.3) is 5.91 Å². The van der Waals surface area contributed by atoms with Gasteiger partial charge in [-0.2, -0.15) is 0 Å². The van der Waals surface area contributed by atoms with E-state index in [-0.39, 0.29) is 5.91 Å². The molecule has 0 N–H and O–H groups in total. The zero-order valence-electron chi connectivity index (χ0n) is 11.3. The van der Waals surface area contributed by atoms with E-state index >= 15 is 0 Å².